The van der Waals surface area contributed by atoms with Crippen molar-refractivity contribution in [1.29, 1.82) is 0 Å². The number of hydrogen-bond acceptors (Lipinski definition) is 9. The molecule has 1 aromatic carbocycles. The Morgan fingerprint density at radius 2 is 1.83 bits per heavy atom. The molecule has 2 rings (SSSR count). The Bertz CT molecular complexity index is 628. The fraction of sp³-hybridized carbons (Fsp3) is 0.500. The summed E-state index contributed by atoms with van der Waals surface area (Å²) in [4.78, 5) is 11.4. The summed E-state index contributed by atoms with van der Waals surface area (Å²) in [5, 5.41) is 68.2. The molecule has 7 N–H and O–H groups in total. The van der Waals surface area contributed by atoms with E-state index in [4.69, 9.17) is 9.47 Å². The topological polar surface area (TPSA) is 177 Å². The van der Waals surface area contributed by atoms with E-state index in [1.165, 1.54) is 0 Å². The second-order valence-corrected chi connectivity index (χ2v) is 5.29. The number of carbonyl (C=O) groups is 1. The van der Waals surface area contributed by atoms with Crippen molar-refractivity contribution in [2.24, 2.45) is 0 Å². The summed E-state index contributed by atoms with van der Waals surface area (Å²) < 4.78 is 10.0. The van der Waals surface area contributed by atoms with Crippen LogP contribution in [-0.2, 0) is 4.74 Å². The number of benzene rings is 1. The van der Waals surface area contributed by atoms with Crippen molar-refractivity contribution in [3.05, 3.63) is 17.2 Å². The number of methoxy groups -OCH3 is 1. The second-order valence-electron chi connectivity index (χ2n) is 5.29. The van der Waals surface area contributed by atoms with Gasteiger partial charge in [0.25, 0.3) is 0 Å². The van der Waals surface area contributed by atoms with E-state index in [1.54, 1.807) is 0 Å². The number of carboxylic acids is 1. The molecule has 5 atom stereocenters. The molecule has 1 fully saturated rings. The molecule has 1 saturated heterocycles. The van der Waals surface area contributed by atoms with Crippen molar-refractivity contribution in [3.63, 3.8) is 0 Å². The van der Waals surface area contributed by atoms with E-state index in [0.29, 0.717) is 0 Å². The number of aromatic hydroxyl groups is 2. The first-order valence-corrected chi connectivity index (χ1v) is 6.91. The van der Waals surface area contributed by atoms with Crippen LogP contribution < -0.4 is 4.74 Å². The van der Waals surface area contributed by atoms with Crippen LogP contribution in [0.5, 0.6) is 17.2 Å². The highest BCUT2D eigenvalue weighted by atomic mass is 16.5. The second kappa shape index (κ2) is 6.79. The van der Waals surface area contributed by atoms with Crippen LogP contribution in [0, 0.1) is 0 Å². The first kappa shape index (κ1) is 18.2. The maximum absolute atomic E-state index is 11.4. The Labute approximate surface area is 135 Å². The molecule has 0 aliphatic carbocycles. The Kier molecular flexibility index (Phi) is 5.16. The Balaban J connectivity index is 2.63. The number of aromatic carboxylic acids is 1. The lowest BCUT2D eigenvalue weighted by Gasteiger charge is -2.40. The number of ether oxygens (including phenoxy) is 2. The number of rotatable bonds is 4. The van der Waals surface area contributed by atoms with Gasteiger partial charge < -0.3 is 45.2 Å². The highest BCUT2D eigenvalue weighted by Crippen LogP contribution is 2.46. The molecule has 0 saturated carbocycles. The Morgan fingerprint density at radius 1 is 1.21 bits per heavy atom. The molecule has 1 aromatic rings. The lowest BCUT2D eigenvalue weighted by atomic mass is 9.88. The first-order chi connectivity index (χ1) is 11.2. The van der Waals surface area contributed by atoms with Gasteiger partial charge in [-0.25, -0.2) is 4.79 Å². The predicted molar refractivity (Wildman–Crippen MR) is 76.0 cm³/mol. The molecule has 1 unspecified atom stereocenters. The van der Waals surface area contributed by atoms with E-state index in [2.05, 4.69) is 0 Å². The summed E-state index contributed by atoms with van der Waals surface area (Å²) in [5.41, 5.74) is -1.07. The lowest BCUT2D eigenvalue weighted by molar-refractivity contribution is -0.232. The highest BCUT2D eigenvalue weighted by molar-refractivity contribution is 5.92. The Morgan fingerprint density at radius 3 is 2.33 bits per heavy atom. The first-order valence-electron chi connectivity index (χ1n) is 6.91. The molecule has 134 valence electrons. The van der Waals surface area contributed by atoms with E-state index in [-0.39, 0.29) is 0 Å². The van der Waals surface area contributed by atoms with Crippen LogP contribution in [-0.4, -0.2) is 79.8 Å². The van der Waals surface area contributed by atoms with Crippen LogP contribution in [0.3, 0.4) is 0 Å². The smallest absolute Gasteiger partial charge is 0.336 e. The molecule has 0 spiro atoms. The molecular weight excluding hydrogens is 328 g/mol. The molecular formula is C14H18O10. The van der Waals surface area contributed by atoms with Gasteiger partial charge in [0, 0.05) is 5.56 Å². The van der Waals surface area contributed by atoms with Crippen LogP contribution in [0.2, 0.25) is 0 Å². The third-order valence-electron chi connectivity index (χ3n) is 3.89. The number of aliphatic hydroxyl groups is 4. The van der Waals surface area contributed by atoms with Gasteiger partial charge in [-0.1, -0.05) is 0 Å². The summed E-state index contributed by atoms with van der Waals surface area (Å²) in [5.74, 6) is -3.46. The summed E-state index contributed by atoms with van der Waals surface area (Å²) in [6, 6.07) is 0.789. The van der Waals surface area contributed by atoms with E-state index in [1.807, 2.05) is 0 Å². The number of hydrogen-bond donors (Lipinski definition) is 7. The fourth-order valence-corrected chi connectivity index (χ4v) is 2.66. The van der Waals surface area contributed by atoms with E-state index < -0.39 is 71.5 Å². The average molecular weight is 346 g/mol. The van der Waals surface area contributed by atoms with Crippen molar-refractivity contribution in [2.45, 2.75) is 30.5 Å². The summed E-state index contributed by atoms with van der Waals surface area (Å²) >= 11 is 0. The van der Waals surface area contributed by atoms with Crippen LogP contribution in [0.4, 0.5) is 0 Å². The predicted octanol–water partition coefficient (Wildman–Crippen LogP) is -1.68. The minimum absolute atomic E-state index is 0.452. The third kappa shape index (κ3) is 2.85. The number of aliphatic hydroxyl groups excluding tert-OH is 4. The van der Waals surface area contributed by atoms with E-state index in [0.717, 1.165) is 13.2 Å². The lowest BCUT2D eigenvalue weighted by Crippen LogP contribution is -2.55. The van der Waals surface area contributed by atoms with E-state index in [9.17, 15) is 40.5 Å². The maximum Gasteiger partial charge on any atom is 0.336 e. The molecule has 10 heteroatoms. The van der Waals surface area contributed by atoms with Gasteiger partial charge in [-0.15, -0.1) is 0 Å². The summed E-state index contributed by atoms with van der Waals surface area (Å²) in [6.07, 6.45) is -8.10. The van der Waals surface area contributed by atoms with Crippen LogP contribution in [0.15, 0.2) is 6.07 Å². The van der Waals surface area contributed by atoms with Crippen molar-refractivity contribution >= 4 is 5.97 Å². The van der Waals surface area contributed by atoms with Crippen molar-refractivity contribution in [2.75, 3.05) is 13.7 Å². The SMILES string of the molecule is COc1c(O)cc(C(=O)O)c([C@@H]2OC(CO)[C@@H](O)[C@H](O)[C@H]2O)c1O. The summed E-state index contributed by atoms with van der Waals surface area (Å²) in [7, 11) is 1.12. The van der Waals surface area contributed by atoms with Crippen LogP contribution >= 0.6 is 0 Å². The summed E-state index contributed by atoms with van der Waals surface area (Å²) in [6.45, 7) is -0.722. The normalized spacial score (nSPS) is 30.1. The molecule has 0 bridgehead atoms. The minimum atomic E-state index is -1.80. The maximum atomic E-state index is 11.4. The quantitative estimate of drug-likeness (QED) is 0.333. The molecule has 1 aliphatic heterocycles. The van der Waals surface area contributed by atoms with Gasteiger partial charge >= 0.3 is 5.97 Å². The third-order valence-corrected chi connectivity index (χ3v) is 3.89. The monoisotopic (exact) mass is 346 g/mol. The van der Waals surface area contributed by atoms with Gasteiger partial charge in [-0.2, -0.15) is 0 Å². The number of carboxylic acid groups (broad SMARTS) is 1. The van der Waals surface area contributed by atoms with Gasteiger partial charge in [-0.05, 0) is 6.07 Å². The highest BCUT2D eigenvalue weighted by Gasteiger charge is 2.46. The largest absolute Gasteiger partial charge is 0.504 e. The van der Waals surface area contributed by atoms with Gasteiger partial charge in [0.05, 0.1) is 19.3 Å². The van der Waals surface area contributed by atoms with Crippen molar-refractivity contribution < 1.29 is 50.0 Å². The average Bonchev–Trinajstić information content (AvgIpc) is 2.53. The van der Waals surface area contributed by atoms with Crippen molar-refractivity contribution in [3.8, 4) is 17.2 Å². The molecule has 0 amide bonds. The standard InChI is InChI=1S/C14H18O10/c1-23-12-5(16)2-4(14(21)22)7(9(12)18)13-11(20)10(19)8(17)6(3-15)24-13/h2,6,8,10-11,13,15-20H,3H2,1H3,(H,21,22)/t6?,8-,10+,11-,13+/m1/s1. The zero-order valence-corrected chi connectivity index (χ0v) is 12.5. The molecule has 0 aromatic heterocycles. The van der Waals surface area contributed by atoms with Gasteiger partial charge in [-0.3, -0.25) is 0 Å². The molecule has 1 aliphatic rings. The van der Waals surface area contributed by atoms with Crippen LogP contribution in [0.25, 0.3) is 0 Å². The van der Waals surface area contributed by atoms with E-state index >= 15 is 0 Å². The zero-order valence-electron chi connectivity index (χ0n) is 12.5. The molecule has 24 heavy (non-hydrogen) atoms. The minimum Gasteiger partial charge on any atom is -0.504 e. The molecule has 0 radical (unpaired) electrons. The number of phenols is 2. The molecule has 10 nitrogen and oxygen atoms in total. The van der Waals surface area contributed by atoms with Gasteiger partial charge in [0.2, 0.25) is 5.75 Å². The Hall–Kier alpha value is -2.11. The van der Waals surface area contributed by atoms with Gasteiger partial charge in [0.1, 0.15) is 30.5 Å². The fourth-order valence-electron chi connectivity index (χ4n) is 2.66. The number of phenolic OH excluding ortho intramolecular Hbond substituents is 2. The van der Waals surface area contributed by atoms with Gasteiger partial charge in [0.15, 0.2) is 11.5 Å². The molecule has 1 heterocycles. The zero-order chi connectivity index (χ0) is 18.2. The van der Waals surface area contributed by atoms with Crippen LogP contribution in [0.1, 0.15) is 22.0 Å². The van der Waals surface area contributed by atoms with Crippen molar-refractivity contribution in [1.82, 2.24) is 0 Å².